The summed E-state index contributed by atoms with van der Waals surface area (Å²) in [6.07, 6.45) is 3.27. The van der Waals surface area contributed by atoms with Gasteiger partial charge in [-0.2, -0.15) is 0 Å². The maximum absolute atomic E-state index is 13.9. The maximum atomic E-state index is 13.9. The summed E-state index contributed by atoms with van der Waals surface area (Å²) in [6, 6.07) is 22.1. The first-order valence-corrected chi connectivity index (χ1v) is 13.4. The summed E-state index contributed by atoms with van der Waals surface area (Å²) in [7, 11) is 1.61. The third-order valence-electron chi connectivity index (χ3n) is 6.82. The highest BCUT2D eigenvalue weighted by Crippen LogP contribution is 2.26. The summed E-state index contributed by atoms with van der Waals surface area (Å²) < 4.78 is 6.95. The Morgan fingerprint density at radius 3 is 2.29 bits per heavy atom. The number of benzene rings is 3. The van der Waals surface area contributed by atoms with E-state index < -0.39 is 6.04 Å². The van der Waals surface area contributed by atoms with E-state index in [-0.39, 0.29) is 17.4 Å². The van der Waals surface area contributed by atoms with Gasteiger partial charge in [0.1, 0.15) is 11.6 Å². The molecule has 3 aromatic carbocycles. The summed E-state index contributed by atoms with van der Waals surface area (Å²) in [6.45, 7) is 8.83. The van der Waals surface area contributed by atoms with Crippen LogP contribution in [0.1, 0.15) is 68.3 Å². The molecule has 0 aliphatic carbocycles. The summed E-state index contributed by atoms with van der Waals surface area (Å²) in [5.41, 5.74) is 2.99. The molecule has 1 atom stereocenters. The van der Waals surface area contributed by atoms with E-state index in [1.807, 2.05) is 78.6 Å². The van der Waals surface area contributed by atoms with Crippen LogP contribution in [0.2, 0.25) is 0 Å². The van der Waals surface area contributed by atoms with Gasteiger partial charge in [-0.3, -0.25) is 14.2 Å². The first-order chi connectivity index (χ1) is 18.3. The van der Waals surface area contributed by atoms with Gasteiger partial charge in [-0.1, -0.05) is 51.5 Å². The van der Waals surface area contributed by atoms with E-state index in [9.17, 15) is 9.59 Å². The Kier molecular flexibility index (Phi) is 8.62. The number of carbonyl (C=O) groups excluding carboxylic acids is 1. The Hall–Kier alpha value is -3.93. The maximum Gasteiger partial charge on any atom is 0.266 e. The van der Waals surface area contributed by atoms with Gasteiger partial charge in [-0.05, 0) is 79.8 Å². The molecule has 0 N–H and O–H groups in total. The molecule has 1 aromatic heterocycles. The van der Waals surface area contributed by atoms with E-state index in [0.29, 0.717) is 40.3 Å². The highest BCUT2D eigenvalue weighted by molar-refractivity contribution is 5.94. The monoisotopic (exact) mass is 511 g/mol. The number of hydrogen-bond donors (Lipinski definition) is 0. The average Bonchev–Trinajstić information content (AvgIpc) is 2.94. The summed E-state index contributed by atoms with van der Waals surface area (Å²) >= 11 is 0. The molecular formula is C32H37N3O3. The standard InChI is InChI=1S/C32H37N3O3/c1-6-7-10-24-13-15-25(16-14-24)31(36)34(21-22(2)3)23(4)30-33-29-12-9-8-11-28(29)32(37)35(30)26-17-19-27(38-5)20-18-26/h8-9,11-20,22-23H,6-7,10,21H2,1-5H3. The van der Waals surface area contributed by atoms with Crippen molar-refractivity contribution in [3.63, 3.8) is 0 Å². The van der Waals surface area contributed by atoms with Crippen LogP contribution < -0.4 is 10.3 Å². The van der Waals surface area contributed by atoms with E-state index in [4.69, 9.17) is 9.72 Å². The zero-order valence-corrected chi connectivity index (χ0v) is 23.0. The van der Waals surface area contributed by atoms with Crippen molar-refractivity contribution in [2.45, 2.75) is 53.0 Å². The van der Waals surface area contributed by atoms with Crippen LogP contribution in [0.3, 0.4) is 0 Å². The third kappa shape index (κ3) is 5.80. The molecule has 4 rings (SSSR count). The van der Waals surface area contributed by atoms with Crippen LogP contribution in [-0.2, 0) is 6.42 Å². The molecule has 6 heteroatoms. The molecule has 198 valence electrons. The molecule has 1 amide bonds. The number of nitrogens with zero attached hydrogens (tertiary/aromatic N) is 3. The number of unbranched alkanes of at least 4 members (excludes halogenated alkanes) is 1. The number of para-hydroxylation sites is 1. The number of aryl methyl sites for hydroxylation is 1. The second-order valence-corrected chi connectivity index (χ2v) is 10.2. The molecule has 0 aliphatic heterocycles. The van der Waals surface area contributed by atoms with E-state index in [1.165, 1.54) is 5.56 Å². The highest BCUT2D eigenvalue weighted by atomic mass is 16.5. The van der Waals surface area contributed by atoms with E-state index >= 15 is 0 Å². The summed E-state index contributed by atoms with van der Waals surface area (Å²) in [4.78, 5) is 34.5. The molecule has 0 fully saturated rings. The zero-order chi connectivity index (χ0) is 27.2. The van der Waals surface area contributed by atoms with Crippen molar-refractivity contribution in [3.05, 3.63) is 100 Å². The first-order valence-electron chi connectivity index (χ1n) is 13.4. The summed E-state index contributed by atoms with van der Waals surface area (Å²) in [5, 5.41) is 0.531. The van der Waals surface area contributed by atoms with Crippen LogP contribution in [-0.4, -0.2) is 34.0 Å². The van der Waals surface area contributed by atoms with Crippen LogP contribution in [0.4, 0.5) is 0 Å². The van der Waals surface area contributed by atoms with Crippen molar-refractivity contribution in [2.75, 3.05) is 13.7 Å². The second kappa shape index (κ2) is 12.1. The lowest BCUT2D eigenvalue weighted by atomic mass is 10.0. The molecule has 0 aliphatic rings. The fourth-order valence-corrected chi connectivity index (χ4v) is 4.72. The molecule has 1 unspecified atom stereocenters. The number of carbonyl (C=O) groups is 1. The van der Waals surface area contributed by atoms with Crippen LogP contribution in [0.15, 0.2) is 77.6 Å². The number of fused-ring (bicyclic) bond motifs is 1. The lowest BCUT2D eigenvalue weighted by Crippen LogP contribution is -2.39. The third-order valence-corrected chi connectivity index (χ3v) is 6.82. The number of aromatic nitrogens is 2. The Morgan fingerprint density at radius 2 is 1.66 bits per heavy atom. The number of rotatable bonds is 10. The van der Waals surface area contributed by atoms with Gasteiger partial charge in [0.25, 0.3) is 11.5 Å². The number of methoxy groups -OCH3 is 1. The minimum Gasteiger partial charge on any atom is -0.497 e. The number of ether oxygens (including phenoxy) is 1. The molecule has 0 spiro atoms. The largest absolute Gasteiger partial charge is 0.497 e. The molecule has 38 heavy (non-hydrogen) atoms. The molecule has 0 saturated carbocycles. The summed E-state index contributed by atoms with van der Waals surface area (Å²) in [5.74, 6) is 1.38. The fraction of sp³-hybridized carbons (Fsp3) is 0.344. The lowest BCUT2D eigenvalue weighted by molar-refractivity contribution is 0.0655. The normalized spacial score (nSPS) is 12.1. The van der Waals surface area contributed by atoms with E-state index in [1.54, 1.807) is 17.7 Å². The topological polar surface area (TPSA) is 64.4 Å². The molecule has 6 nitrogen and oxygen atoms in total. The Morgan fingerprint density at radius 1 is 0.974 bits per heavy atom. The zero-order valence-electron chi connectivity index (χ0n) is 23.0. The van der Waals surface area contributed by atoms with Gasteiger partial charge in [-0.25, -0.2) is 4.98 Å². The highest BCUT2D eigenvalue weighted by Gasteiger charge is 2.28. The first kappa shape index (κ1) is 27.1. The van der Waals surface area contributed by atoms with Gasteiger partial charge < -0.3 is 9.64 Å². The van der Waals surface area contributed by atoms with Crippen LogP contribution in [0, 0.1) is 5.92 Å². The minimum absolute atomic E-state index is 0.0723. The fourth-order valence-electron chi connectivity index (χ4n) is 4.72. The average molecular weight is 512 g/mol. The van der Waals surface area contributed by atoms with Crippen LogP contribution in [0.5, 0.6) is 5.75 Å². The molecule has 0 bridgehead atoms. The Labute approximate surface area is 224 Å². The predicted molar refractivity (Wildman–Crippen MR) is 153 cm³/mol. The van der Waals surface area contributed by atoms with Gasteiger partial charge in [0.15, 0.2) is 0 Å². The van der Waals surface area contributed by atoms with Gasteiger partial charge in [0, 0.05) is 12.1 Å². The molecule has 0 radical (unpaired) electrons. The minimum atomic E-state index is -0.455. The predicted octanol–water partition coefficient (Wildman–Crippen LogP) is 6.60. The molecule has 1 heterocycles. The second-order valence-electron chi connectivity index (χ2n) is 10.2. The van der Waals surface area contributed by atoms with Crippen molar-refractivity contribution in [3.8, 4) is 11.4 Å². The lowest BCUT2D eigenvalue weighted by Gasteiger charge is -2.32. The quantitative estimate of drug-likeness (QED) is 0.241. The van der Waals surface area contributed by atoms with E-state index in [2.05, 4.69) is 20.8 Å². The molecule has 4 aromatic rings. The molecule has 0 saturated heterocycles. The smallest absolute Gasteiger partial charge is 0.266 e. The van der Waals surface area contributed by atoms with Crippen molar-refractivity contribution in [2.24, 2.45) is 5.92 Å². The van der Waals surface area contributed by atoms with Gasteiger partial charge in [0.05, 0.1) is 29.7 Å². The Balaban J connectivity index is 1.81. The van der Waals surface area contributed by atoms with E-state index in [0.717, 1.165) is 19.3 Å². The molecular weight excluding hydrogens is 474 g/mol. The van der Waals surface area contributed by atoms with Crippen molar-refractivity contribution in [1.82, 2.24) is 14.5 Å². The van der Waals surface area contributed by atoms with Crippen molar-refractivity contribution >= 4 is 16.8 Å². The van der Waals surface area contributed by atoms with Gasteiger partial charge in [-0.15, -0.1) is 0 Å². The van der Waals surface area contributed by atoms with Gasteiger partial charge >= 0.3 is 0 Å². The number of amides is 1. The SMILES string of the molecule is CCCCc1ccc(C(=O)N(CC(C)C)C(C)c2nc3ccccc3c(=O)n2-c2ccc(OC)cc2)cc1. The van der Waals surface area contributed by atoms with Crippen molar-refractivity contribution < 1.29 is 9.53 Å². The number of hydrogen-bond acceptors (Lipinski definition) is 4. The Bertz CT molecular complexity index is 1440. The van der Waals surface area contributed by atoms with Crippen LogP contribution in [0.25, 0.3) is 16.6 Å². The van der Waals surface area contributed by atoms with Crippen molar-refractivity contribution in [1.29, 1.82) is 0 Å². The van der Waals surface area contributed by atoms with Crippen LogP contribution >= 0.6 is 0 Å². The van der Waals surface area contributed by atoms with Gasteiger partial charge in [0.2, 0.25) is 0 Å².